The number of carbonyl (C=O) groups is 1. The molecule has 4 aromatic carbocycles. The van der Waals surface area contributed by atoms with Gasteiger partial charge in [0.15, 0.2) is 5.13 Å². The maximum atomic E-state index is 14.0. The number of aromatic nitrogens is 1. The van der Waals surface area contributed by atoms with E-state index in [0.29, 0.717) is 18.1 Å². The van der Waals surface area contributed by atoms with Crippen molar-refractivity contribution in [2.45, 2.75) is 18.9 Å². The Morgan fingerprint density at radius 3 is 2.06 bits per heavy atom. The van der Waals surface area contributed by atoms with Crippen LogP contribution in [0.1, 0.15) is 29.0 Å². The smallest absolute Gasteiger partial charge is 0.230 e. The van der Waals surface area contributed by atoms with Gasteiger partial charge < -0.3 is 4.74 Å². The van der Waals surface area contributed by atoms with E-state index in [4.69, 9.17) is 9.72 Å². The van der Waals surface area contributed by atoms with Crippen LogP contribution in [0.4, 0.5) is 5.13 Å². The highest BCUT2D eigenvalue weighted by atomic mass is 32.1. The molecule has 174 valence electrons. The van der Waals surface area contributed by atoms with E-state index in [2.05, 4.69) is 24.3 Å². The molecule has 0 aliphatic heterocycles. The molecule has 5 heteroatoms. The number of fused-ring (bicyclic) bond motifs is 1. The van der Waals surface area contributed by atoms with Gasteiger partial charge in [0, 0.05) is 18.4 Å². The van der Waals surface area contributed by atoms with Crippen molar-refractivity contribution in [2.75, 3.05) is 12.0 Å². The van der Waals surface area contributed by atoms with Crippen LogP contribution in [0.25, 0.3) is 10.2 Å². The van der Waals surface area contributed by atoms with Gasteiger partial charge in [-0.2, -0.15) is 0 Å². The van der Waals surface area contributed by atoms with Crippen molar-refractivity contribution in [3.05, 3.63) is 126 Å². The van der Waals surface area contributed by atoms with Crippen LogP contribution in [-0.4, -0.2) is 18.0 Å². The summed E-state index contributed by atoms with van der Waals surface area (Å²) in [4.78, 5) is 20.6. The number of thiazole rings is 1. The SMILES string of the molecule is COc1ccc2sc(N(Cc3ccccc3)C(=O)CC(c3ccccc3)c3ccccc3)nc2c1. The van der Waals surface area contributed by atoms with Crippen molar-refractivity contribution in [2.24, 2.45) is 0 Å². The van der Waals surface area contributed by atoms with Crippen LogP contribution in [0.15, 0.2) is 109 Å². The molecule has 0 spiro atoms. The maximum absolute atomic E-state index is 14.0. The Labute approximate surface area is 209 Å². The fraction of sp³-hybridized carbons (Fsp3) is 0.133. The number of methoxy groups -OCH3 is 1. The summed E-state index contributed by atoms with van der Waals surface area (Å²) >= 11 is 1.53. The Balaban J connectivity index is 1.52. The van der Waals surface area contributed by atoms with Gasteiger partial charge in [-0.05, 0) is 28.8 Å². The van der Waals surface area contributed by atoms with E-state index in [9.17, 15) is 4.79 Å². The van der Waals surface area contributed by atoms with Gasteiger partial charge in [0.2, 0.25) is 5.91 Å². The van der Waals surface area contributed by atoms with Crippen molar-refractivity contribution in [1.29, 1.82) is 0 Å². The van der Waals surface area contributed by atoms with Crippen molar-refractivity contribution in [1.82, 2.24) is 4.98 Å². The Morgan fingerprint density at radius 2 is 1.46 bits per heavy atom. The summed E-state index contributed by atoms with van der Waals surface area (Å²) in [7, 11) is 1.65. The van der Waals surface area contributed by atoms with E-state index in [1.807, 2.05) is 89.8 Å². The second-order valence-corrected chi connectivity index (χ2v) is 9.38. The van der Waals surface area contributed by atoms with E-state index in [1.165, 1.54) is 11.3 Å². The molecule has 0 N–H and O–H groups in total. The molecule has 0 saturated heterocycles. The number of benzene rings is 4. The summed E-state index contributed by atoms with van der Waals surface area (Å²) < 4.78 is 6.39. The molecule has 0 unspecified atom stereocenters. The first kappa shape index (κ1) is 22.8. The van der Waals surface area contributed by atoms with E-state index >= 15 is 0 Å². The first-order chi connectivity index (χ1) is 17.2. The van der Waals surface area contributed by atoms with Crippen LogP contribution in [-0.2, 0) is 11.3 Å². The lowest BCUT2D eigenvalue weighted by Gasteiger charge is -2.24. The molecule has 0 radical (unpaired) electrons. The third-order valence-corrected chi connectivity index (χ3v) is 7.14. The van der Waals surface area contributed by atoms with Crippen LogP contribution in [0.3, 0.4) is 0 Å². The largest absolute Gasteiger partial charge is 0.497 e. The predicted octanol–water partition coefficient (Wildman–Crippen LogP) is 7.06. The minimum absolute atomic E-state index is 0.0394. The minimum Gasteiger partial charge on any atom is -0.497 e. The van der Waals surface area contributed by atoms with E-state index < -0.39 is 0 Å². The molecule has 0 aliphatic rings. The van der Waals surface area contributed by atoms with Crippen LogP contribution in [0, 0.1) is 0 Å². The standard InChI is InChI=1S/C30H26N2O2S/c1-34-25-17-18-28-27(19-25)31-30(35-28)32(21-22-11-5-2-6-12-22)29(33)20-26(23-13-7-3-8-14-23)24-15-9-4-10-16-24/h2-19,26H,20-21H2,1H3. The third-order valence-electron chi connectivity index (χ3n) is 6.08. The number of hydrogen-bond acceptors (Lipinski definition) is 4. The van der Waals surface area contributed by atoms with Crippen LogP contribution < -0.4 is 9.64 Å². The topological polar surface area (TPSA) is 42.4 Å². The van der Waals surface area contributed by atoms with Crippen LogP contribution >= 0.6 is 11.3 Å². The second kappa shape index (κ2) is 10.5. The van der Waals surface area contributed by atoms with Gasteiger partial charge in [0.1, 0.15) is 5.75 Å². The summed E-state index contributed by atoms with van der Waals surface area (Å²) in [6, 6.07) is 36.4. The Bertz CT molecular complexity index is 1360. The first-order valence-electron chi connectivity index (χ1n) is 11.6. The summed E-state index contributed by atoms with van der Waals surface area (Å²) in [6.45, 7) is 0.465. The van der Waals surface area contributed by atoms with Gasteiger partial charge in [-0.1, -0.05) is 102 Å². The lowest BCUT2D eigenvalue weighted by Crippen LogP contribution is -2.31. The maximum Gasteiger partial charge on any atom is 0.230 e. The molecule has 5 aromatic rings. The van der Waals surface area contributed by atoms with E-state index in [1.54, 1.807) is 7.11 Å². The fourth-order valence-electron chi connectivity index (χ4n) is 4.25. The molecule has 1 heterocycles. The Kier molecular flexibility index (Phi) is 6.87. The van der Waals surface area contributed by atoms with Gasteiger partial charge in [-0.3, -0.25) is 9.69 Å². The van der Waals surface area contributed by atoms with Crippen LogP contribution in [0.5, 0.6) is 5.75 Å². The summed E-state index contributed by atoms with van der Waals surface area (Å²) in [5.41, 5.74) is 4.15. The van der Waals surface area contributed by atoms with Gasteiger partial charge >= 0.3 is 0 Å². The first-order valence-corrected chi connectivity index (χ1v) is 12.4. The normalized spacial score (nSPS) is 11.0. The highest BCUT2D eigenvalue weighted by molar-refractivity contribution is 7.22. The molecule has 1 aromatic heterocycles. The monoisotopic (exact) mass is 478 g/mol. The molecule has 0 atom stereocenters. The Hall–Kier alpha value is -3.96. The molecule has 1 amide bonds. The quantitative estimate of drug-likeness (QED) is 0.240. The summed E-state index contributed by atoms with van der Waals surface area (Å²) in [5.74, 6) is 0.749. The summed E-state index contributed by atoms with van der Waals surface area (Å²) in [5, 5.41) is 0.696. The zero-order chi connectivity index (χ0) is 24.0. The van der Waals surface area contributed by atoms with E-state index in [0.717, 1.165) is 32.7 Å². The molecule has 0 saturated carbocycles. The lowest BCUT2D eigenvalue weighted by molar-refractivity contribution is -0.119. The zero-order valence-electron chi connectivity index (χ0n) is 19.5. The van der Waals surface area contributed by atoms with Crippen molar-refractivity contribution in [3.63, 3.8) is 0 Å². The molecule has 0 fully saturated rings. The number of anilines is 1. The number of nitrogens with zero attached hydrogens (tertiary/aromatic N) is 2. The fourth-order valence-corrected chi connectivity index (χ4v) is 5.21. The molecule has 35 heavy (non-hydrogen) atoms. The van der Waals surface area contributed by atoms with Crippen LogP contribution in [0.2, 0.25) is 0 Å². The molecule has 0 aliphatic carbocycles. The lowest BCUT2D eigenvalue weighted by atomic mass is 9.88. The highest BCUT2D eigenvalue weighted by Crippen LogP contribution is 2.34. The van der Waals surface area contributed by atoms with Gasteiger partial charge in [0.05, 0.1) is 23.9 Å². The number of rotatable bonds is 8. The zero-order valence-corrected chi connectivity index (χ0v) is 20.3. The van der Waals surface area contributed by atoms with Crippen molar-refractivity contribution < 1.29 is 9.53 Å². The van der Waals surface area contributed by atoms with Gasteiger partial charge in [0.25, 0.3) is 0 Å². The summed E-state index contributed by atoms with van der Waals surface area (Å²) in [6.07, 6.45) is 0.347. The Morgan fingerprint density at radius 1 is 0.857 bits per heavy atom. The van der Waals surface area contributed by atoms with Gasteiger partial charge in [-0.25, -0.2) is 4.98 Å². The average Bonchev–Trinajstić information content (AvgIpc) is 3.34. The predicted molar refractivity (Wildman–Crippen MR) is 143 cm³/mol. The molecule has 5 rings (SSSR count). The number of carbonyl (C=O) groups excluding carboxylic acids is 1. The highest BCUT2D eigenvalue weighted by Gasteiger charge is 2.25. The van der Waals surface area contributed by atoms with Crippen molar-refractivity contribution in [3.8, 4) is 5.75 Å². The third kappa shape index (κ3) is 5.26. The molecule has 0 bridgehead atoms. The molecular formula is C30H26N2O2S. The number of hydrogen-bond donors (Lipinski definition) is 0. The van der Waals surface area contributed by atoms with Gasteiger partial charge in [-0.15, -0.1) is 0 Å². The second-order valence-electron chi connectivity index (χ2n) is 8.37. The number of ether oxygens (including phenoxy) is 1. The number of amides is 1. The average molecular weight is 479 g/mol. The minimum atomic E-state index is -0.0438. The van der Waals surface area contributed by atoms with E-state index in [-0.39, 0.29) is 11.8 Å². The van der Waals surface area contributed by atoms with Crippen molar-refractivity contribution >= 4 is 32.6 Å². The molecule has 4 nitrogen and oxygen atoms in total. The molecular weight excluding hydrogens is 452 g/mol.